The van der Waals surface area contributed by atoms with E-state index in [0.717, 1.165) is 31.0 Å². The number of aromatic nitrogens is 2. The molecular weight excluding hydrogens is 262 g/mol. The van der Waals surface area contributed by atoms with Crippen LogP contribution in [0, 0.1) is 5.92 Å². The third kappa shape index (κ3) is 3.50. The quantitative estimate of drug-likeness (QED) is 0.911. The summed E-state index contributed by atoms with van der Waals surface area (Å²) >= 11 is 0. The molecule has 21 heavy (non-hydrogen) atoms. The van der Waals surface area contributed by atoms with Crippen LogP contribution in [-0.2, 0) is 6.42 Å². The number of hydrogen-bond donors (Lipinski definition) is 1. The van der Waals surface area contributed by atoms with Gasteiger partial charge in [-0.25, -0.2) is 0 Å². The van der Waals surface area contributed by atoms with Crippen molar-refractivity contribution in [3.8, 4) is 0 Å². The molecule has 0 saturated heterocycles. The minimum atomic E-state index is -0.176. The molecule has 0 amide bonds. The van der Waals surface area contributed by atoms with E-state index in [1.807, 2.05) is 18.2 Å². The Labute approximate surface area is 125 Å². The fraction of sp³-hybridized carbons (Fsp3) is 0.529. The molecule has 1 aliphatic rings. The van der Waals surface area contributed by atoms with Crippen LogP contribution in [0.15, 0.2) is 34.9 Å². The van der Waals surface area contributed by atoms with Crippen LogP contribution in [0.3, 0.4) is 0 Å². The standard InChI is InChI=1S/C17H23N3O/c1-12-7-9-14(11-12)16-19-17(21-20-16)15(18)10-8-13-5-3-2-4-6-13/h2-6,12,14-15H,7-11,18H2,1H3. The molecule has 112 valence electrons. The predicted octanol–water partition coefficient (Wildman–Crippen LogP) is 3.61. The number of rotatable bonds is 5. The number of nitrogens with two attached hydrogens (primary N) is 1. The van der Waals surface area contributed by atoms with Crippen molar-refractivity contribution >= 4 is 0 Å². The van der Waals surface area contributed by atoms with E-state index in [0.29, 0.717) is 11.8 Å². The lowest BCUT2D eigenvalue weighted by Crippen LogP contribution is -2.12. The van der Waals surface area contributed by atoms with Crippen molar-refractivity contribution in [3.05, 3.63) is 47.6 Å². The van der Waals surface area contributed by atoms with Crippen LogP contribution in [0.5, 0.6) is 0 Å². The molecule has 3 atom stereocenters. The zero-order valence-corrected chi connectivity index (χ0v) is 12.5. The van der Waals surface area contributed by atoms with Gasteiger partial charge >= 0.3 is 0 Å². The van der Waals surface area contributed by atoms with E-state index in [9.17, 15) is 0 Å². The highest BCUT2D eigenvalue weighted by atomic mass is 16.5. The smallest absolute Gasteiger partial charge is 0.243 e. The molecule has 1 aromatic carbocycles. The Balaban J connectivity index is 1.58. The van der Waals surface area contributed by atoms with Crippen LogP contribution >= 0.6 is 0 Å². The summed E-state index contributed by atoms with van der Waals surface area (Å²) in [6.07, 6.45) is 5.35. The maximum Gasteiger partial charge on any atom is 0.243 e. The van der Waals surface area contributed by atoms with Crippen LogP contribution in [0.4, 0.5) is 0 Å². The van der Waals surface area contributed by atoms with E-state index in [1.54, 1.807) is 0 Å². The Hall–Kier alpha value is -1.68. The third-order valence-corrected chi connectivity index (χ3v) is 4.42. The normalized spacial score (nSPS) is 23.3. The molecule has 1 aliphatic carbocycles. The molecule has 2 N–H and O–H groups in total. The van der Waals surface area contributed by atoms with E-state index in [-0.39, 0.29) is 6.04 Å². The van der Waals surface area contributed by atoms with E-state index in [2.05, 4.69) is 29.2 Å². The van der Waals surface area contributed by atoms with Gasteiger partial charge in [0.15, 0.2) is 5.82 Å². The van der Waals surface area contributed by atoms with Gasteiger partial charge in [-0.2, -0.15) is 4.98 Å². The Morgan fingerprint density at radius 3 is 2.81 bits per heavy atom. The largest absolute Gasteiger partial charge is 0.338 e. The molecule has 3 unspecified atom stereocenters. The maximum atomic E-state index is 6.19. The highest BCUT2D eigenvalue weighted by Gasteiger charge is 2.27. The van der Waals surface area contributed by atoms with Gasteiger partial charge in [-0.15, -0.1) is 0 Å². The van der Waals surface area contributed by atoms with E-state index >= 15 is 0 Å². The minimum Gasteiger partial charge on any atom is -0.338 e. The number of benzene rings is 1. The summed E-state index contributed by atoms with van der Waals surface area (Å²) in [5.74, 6) is 2.66. The maximum absolute atomic E-state index is 6.19. The van der Waals surface area contributed by atoms with Crippen molar-refractivity contribution in [2.45, 2.75) is 51.0 Å². The topological polar surface area (TPSA) is 64.9 Å². The van der Waals surface area contributed by atoms with Crippen molar-refractivity contribution in [2.75, 3.05) is 0 Å². The van der Waals surface area contributed by atoms with Gasteiger partial charge < -0.3 is 10.3 Å². The minimum absolute atomic E-state index is 0.176. The van der Waals surface area contributed by atoms with E-state index in [1.165, 1.54) is 18.4 Å². The molecule has 1 fully saturated rings. The summed E-state index contributed by atoms with van der Waals surface area (Å²) < 4.78 is 5.38. The van der Waals surface area contributed by atoms with Gasteiger partial charge in [0.25, 0.3) is 0 Å². The second-order valence-electron chi connectivity index (χ2n) is 6.24. The Kier molecular flexibility index (Phi) is 4.34. The number of nitrogens with zero attached hydrogens (tertiary/aromatic N) is 2. The van der Waals surface area contributed by atoms with Crippen LogP contribution in [-0.4, -0.2) is 10.1 Å². The molecule has 0 aliphatic heterocycles. The molecule has 0 bridgehead atoms. The molecule has 0 radical (unpaired) electrons. The summed E-state index contributed by atoms with van der Waals surface area (Å²) in [4.78, 5) is 4.54. The molecule has 1 saturated carbocycles. The lowest BCUT2D eigenvalue weighted by Gasteiger charge is -2.06. The second-order valence-corrected chi connectivity index (χ2v) is 6.24. The average molecular weight is 285 g/mol. The van der Waals surface area contributed by atoms with Crippen molar-refractivity contribution < 1.29 is 4.52 Å². The fourth-order valence-corrected chi connectivity index (χ4v) is 3.10. The molecular formula is C17H23N3O. The van der Waals surface area contributed by atoms with Crippen LogP contribution in [0.1, 0.15) is 61.8 Å². The van der Waals surface area contributed by atoms with Crippen molar-refractivity contribution in [2.24, 2.45) is 11.7 Å². The zero-order chi connectivity index (χ0) is 14.7. The Morgan fingerprint density at radius 2 is 2.10 bits per heavy atom. The molecule has 0 spiro atoms. The molecule has 1 heterocycles. The molecule has 2 aromatic rings. The second kappa shape index (κ2) is 6.39. The van der Waals surface area contributed by atoms with Gasteiger partial charge in [0, 0.05) is 5.92 Å². The molecule has 4 nitrogen and oxygen atoms in total. The Bertz CT molecular complexity index is 566. The average Bonchev–Trinajstić information content (AvgIpc) is 3.14. The summed E-state index contributed by atoms with van der Waals surface area (Å²) in [5, 5.41) is 4.14. The summed E-state index contributed by atoms with van der Waals surface area (Å²) in [6, 6.07) is 10.2. The van der Waals surface area contributed by atoms with E-state index < -0.39 is 0 Å². The highest BCUT2D eigenvalue weighted by molar-refractivity contribution is 5.15. The van der Waals surface area contributed by atoms with Crippen molar-refractivity contribution in [1.29, 1.82) is 0 Å². The Morgan fingerprint density at radius 1 is 1.29 bits per heavy atom. The molecule has 3 rings (SSSR count). The number of aryl methyl sites for hydroxylation is 1. The first-order chi connectivity index (χ1) is 10.2. The lowest BCUT2D eigenvalue weighted by molar-refractivity contribution is 0.343. The van der Waals surface area contributed by atoms with Gasteiger partial charge in [0.1, 0.15) is 0 Å². The monoisotopic (exact) mass is 285 g/mol. The van der Waals surface area contributed by atoms with Gasteiger partial charge in [-0.05, 0) is 43.6 Å². The highest BCUT2D eigenvalue weighted by Crippen LogP contribution is 2.36. The molecule has 4 heteroatoms. The summed E-state index contributed by atoms with van der Waals surface area (Å²) in [5.41, 5.74) is 7.48. The summed E-state index contributed by atoms with van der Waals surface area (Å²) in [7, 11) is 0. The molecule has 1 aromatic heterocycles. The van der Waals surface area contributed by atoms with Gasteiger partial charge in [0.05, 0.1) is 6.04 Å². The fourth-order valence-electron chi connectivity index (χ4n) is 3.10. The number of hydrogen-bond acceptors (Lipinski definition) is 4. The van der Waals surface area contributed by atoms with Gasteiger partial charge in [-0.1, -0.05) is 42.4 Å². The first kappa shape index (κ1) is 14.3. The first-order valence-corrected chi connectivity index (χ1v) is 7.85. The van der Waals surface area contributed by atoms with Gasteiger partial charge in [-0.3, -0.25) is 0 Å². The lowest BCUT2D eigenvalue weighted by atomic mass is 10.1. The van der Waals surface area contributed by atoms with Gasteiger partial charge in [0.2, 0.25) is 5.89 Å². The van der Waals surface area contributed by atoms with Crippen molar-refractivity contribution in [1.82, 2.24) is 10.1 Å². The SMILES string of the molecule is CC1CCC(c2noc(C(N)CCc3ccccc3)n2)C1. The zero-order valence-electron chi connectivity index (χ0n) is 12.5. The van der Waals surface area contributed by atoms with E-state index in [4.69, 9.17) is 10.3 Å². The van der Waals surface area contributed by atoms with Crippen LogP contribution < -0.4 is 5.73 Å². The predicted molar refractivity (Wildman–Crippen MR) is 81.7 cm³/mol. The summed E-state index contributed by atoms with van der Waals surface area (Å²) in [6.45, 7) is 2.28. The van der Waals surface area contributed by atoms with Crippen LogP contribution in [0.25, 0.3) is 0 Å². The first-order valence-electron chi connectivity index (χ1n) is 7.85. The third-order valence-electron chi connectivity index (χ3n) is 4.42. The van der Waals surface area contributed by atoms with Crippen LogP contribution in [0.2, 0.25) is 0 Å². The van der Waals surface area contributed by atoms with Crippen molar-refractivity contribution in [3.63, 3.8) is 0 Å².